The third kappa shape index (κ3) is 9.78. The Hall–Kier alpha value is -4.88. The van der Waals surface area contributed by atoms with Crippen molar-refractivity contribution >= 4 is 47.1 Å². The van der Waals surface area contributed by atoms with E-state index in [9.17, 15) is 37.5 Å². The molecular formula is C26H26F2N2O10. The molecule has 40 heavy (non-hydrogen) atoms. The standard InChI is InChI=1S/C26H26F2N2O10/c1-13(31)37-21(23(39-15(3)33)25(35)29-19-9-5-17(27)6-10-19)22(38-14(2)32)24(40-16(4)34)26(36)30-20-11-7-18(28)8-12-20/h5-12,21-24H,1-4H3,(H,29,35)(H,30,36)/t21-,22+,23-,24+. The van der Waals surface area contributed by atoms with Crippen LogP contribution in [-0.4, -0.2) is 60.1 Å². The van der Waals surface area contributed by atoms with Crippen LogP contribution >= 0.6 is 0 Å². The van der Waals surface area contributed by atoms with Gasteiger partial charge in [0.25, 0.3) is 11.8 Å². The zero-order valence-corrected chi connectivity index (χ0v) is 21.8. The van der Waals surface area contributed by atoms with Gasteiger partial charge in [0.15, 0.2) is 12.2 Å². The van der Waals surface area contributed by atoms with Gasteiger partial charge < -0.3 is 29.6 Å². The second-order valence-corrected chi connectivity index (χ2v) is 8.20. The highest BCUT2D eigenvalue weighted by atomic mass is 19.1. The number of carbonyl (C=O) groups is 6. The van der Waals surface area contributed by atoms with Gasteiger partial charge in [-0.25, -0.2) is 8.78 Å². The van der Waals surface area contributed by atoms with Crippen molar-refractivity contribution in [1.29, 1.82) is 0 Å². The molecule has 2 amide bonds. The first-order valence-electron chi connectivity index (χ1n) is 11.6. The summed E-state index contributed by atoms with van der Waals surface area (Å²) in [4.78, 5) is 74.5. The lowest BCUT2D eigenvalue weighted by atomic mass is 10.00. The van der Waals surface area contributed by atoms with Crippen LogP contribution in [0.25, 0.3) is 0 Å². The van der Waals surface area contributed by atoms with Crippen LogP contribution in [0, 0.1) is 11.6 Å². The number of benzene rings is 2. The summed E-state index contributed by atoms with van der Waals surface area (Å²) >= 11 is 0. The molecule has 0 aromatic heterocycles. The van der Waals surface area contributed by atoms with Crippen LogP contribution < -0.4 is 10.6 Å². The number of hydrogen-bond donors (Lipinski definition) is 2. The van der Waals surface area contributed by atoms with Gasteiger partial charge in [-0.3, -0.25) is 28.8 Å². The van der Waals surface area contributed by atoms with E-state index in [1.807, 2.05) is 0 Å². The van der Waals surface area contributed by atoms with Crippen molar-refractivity contribution in [3.05, 3.63) is 60.2 Å². The van der Waals surface area contributed by atoms with Crippen molar-refractivity contribution in [2.75, 3.05) is 10.6 Å². The van der Waals surface area contributed by atoms with Gasteiger partial charge in [-0.15, -0.1) is 0 Å². The fourth-order valence-electron chi connectivity index (χ4n) is 3.38. The Morgan fingerprint density at radius 3 is 1.05 bits per heavy atom. The van der Waals surface area contributed by atoms with Gasteiger partial charge in [0.05, 0.1) is 0 Å². The van der Waals surface area contributed by atoms with Crippen LogP contribution in [0.5, 0.6) is 0 Å². The predicted octanol–water partition coefficient (Wildman–Crippen LogP) is 2.27. The smallest absolute Gasteiger partial charge is 0.303 e. The van der Waals surface area contributed by atoms with Gasteiger partial charge in [0.1, 0.15) is 11.6 Å². The minimum atomic E-state index is -2.08. The molecule has 12 nitrogen and oxygen atoms in total. The van der Waals surface area contributed by atoms with Gasteiger partial charge in [-0.1, -0.05) is 0 Å². The lowest BCUT2D eigenvalue weighted by molar-refractivity contribution is -0.198. The fraction of sp³-hybridized carbons (Fsp3) is 0.308. The molecule has 2 rings (SSSR count). The second-order valence-electron chi connectivity index (χ2n) is 8.20. The highest BCUT2D eigenvalue weighted by Crippen LogP contribution is 2.23. The first-order chi connectivity index (χ1) is 18.8. The molecule has 2 aromatic carbocycles. The van der Waals surface area contributed by atoms with Crippen molar-refractivity contribution in [1.82, 2.24) is 0 Å². The second kappa shape index (κ2) is 14.3. The minimum absolute atomic E-state index is 0.0414. The van der Waals surface area contributed by atoms with Gasteiger partial charge in [0, 0.05) is 39.1 Å². The Labute approximate surface area is 226 Å². The average molecular weight is 564 g/mol. The van der Waals surface area contributed by atoms with Gasteiger partial charge in [-0.05, 0) is 48.5 Å². The van der Waals surface area contributed by atoms with Gasteiger partial charge in [-0.2, -0.15) is 0 Å². The Balaban J connectivity index is 2.58. The summed E-state index contributed by atoms with van der Waals surface area (Å²) in [5.74, 6) is -7.70. The summed E-state index contributed by atoms with van der Waals surface area (Å²) < 4.78 is 47.2. The normalized spacial score (nSPS) is 13.4. The van der Waals surface area contributed by atoms with E-state index in [-0.39, 0.29) is 11.4 Å². The van der Waals surface area contributed by atoms with E-state index in [0.717, 1.165) is 52.0 Å². The molecule has 0 radical (unpaired) electrons. The lowest BCUT2D eigenvalue weighted by Gasteiger charge is -2.34. The largest absolute Gasteiger partial charge is 0.454 e. The SMILES string of the molecule is CC(=O)O[C@H]([C@H](OC(C)=O)[C@H](OC(C)=O)C(=O)Nc1ccc(F)cc1)[C@@H](OC(C)=O)C(=O)Nc1ccc(F)cc1. The van der Waals surface area contributed by atoms with Gasteiger partial charge >= 0.3 is 23.9 Å². The van der Waals surface area contributed by atoms with E-state index in [4.69, 9.17) is 18.9 Å². The number of esters is 4. The van der Waals surface area contributed by atoms with Crippen molar-refractivity contribution in [2.24, 2.45) is 0 Å². The molecule has 0 heterocycles. The molecule has 14 heteroatoms. The minimum Gasteiger partial charge on any atom is -0.454 e. The van der Waals surface area contributed by atoms with Crippen LogP contribution in [0.1, 0.15) is 27.7 Å². The predicted molar refractivity (Wildman–Crippen MR) is 132 cm³/mol. The number of ether oxygens (including phenoxy) is 4. The molecule has 0 aliphatic carbocycles. The summed E-state index contributed by atoms with van der Waals surface area (Å²) in [6.45, 7) is 3.68. The molecule has 214 valence electrons. The van der Waals surface area contributed by atoms with E-state index < -0.39 is 71.7 Å². The molecule has 0 spiro atoms. The molecule has 0 aliphatic heterocycles. The maximum atomic E-state index is 13.3. The van der Waals surface area contributed by atoms with Crippen LogP contribution in [0.15, 0.2) is 48.5 Å². The molecule has 0 saturated carbocycles. The third-order valence-electron chi connectivity index (χ3n) is 4.85. The van der Waals surface area contributed by atoms with Crippen LogP contribution in [0.4, 0.5) is 20.2 Å². The van der Waals surface area contributed by atoms with E-state index >= 15 is 0 Å². The van der Waals surface area contributed by atoms with Crippen LogP contribution in [-0.2, 0) is 47.7 Å². The molecule has 2 aromatic rings. The van der Waals surface area contributed by atoms with E-state index in [0.29, 0.717) is 0 Å². The van der Waals surface area contributed by atoms with Crippen LogP contribution in [0.3, 0.4) is 0 Å². The number of hydrogen-bond acceptors (Lipinski definition) is 10. The Morgan fingerprint density at radius 1 is 0.525 bits per heavy atom. The number of anilines is 2. The van der Waals surface area contributed by atoms with Crippen molar-refractivity contribution < 1.29 is 56.5 Å². The third-order valence-corrected chi connectivity index (χ3v) is 4.85. The average Bonchev–Trinajstić information content (AvgIpc) is 2.85. The molecule has 2 N–H and O–H groups in total. The monoisotopic (exact) mass is 564 g/mol. The fourth-order valence-corrected chi connectivity index (χ4v) is 3.38. The first kappa shape index (κ1) is 31.3. The Morgan fingerprint density at radius 2 is 0.800 bits per heavy atom. The molecule has 0 unspecified atom stereocenters. The van der Waals surface area contributed by atoms with Crippen molar-refractivity contribution in [2.45, 2.75) is 52.1 Å². The van der Waals surface area contributed by atoms with Crippen molar-refractivity contribution in [3.63, 3.8) is 0 Å². The highest BCUT2D eigenvalue weighted by molar-refractivity contribution is 5.98. The summed E-state index contributed by atoms with van der Waals surface area (Å²) in [6, 6.07) is 8.83. The zero-order chi connectivity index (χ0) is 30.0. The van der Waals surface area contributed by atoms with E-state index in [2.05, 4.69) is 10.6 Å². The zero-order valence-electron chi connectivity index (χ0n) is 21.8. The maximum absolute atomic E-state index is 13.3. The number of halogens is 2. The first-order valence-corrected chi connectivity index (χ1v) is 11.6. The number of rotatable bonds is 11. The molecular weight excluding hydrogens is 538 g/mol. The number of nitrogens with one attached hydrogen (secondary N) is 2. The van der Waals surface area contributed by atoms with Crippen molar-refractivity contribution in [3.8, 4) is 0 Å². The molecule has 0 fully saturated rings. The van der Waals surface area contributed by atoms with E-state index in [1.165, 1.54) is 24.3 Å². The molecule has 0 saturated heterocycles. The summed E-state index contributed by atoms with van der Waals surface area (Å²) in [7, 11) is 0. The Bertz CT molecular complexity index is 1150. The maximum Gasteiger partial charge on any atom is 0.303 e. The molecule has 4 atom stereocenters. The van der Waals surface area contributed by atoms with Gasteiger partial charge in [0.2, 0.25) is 12.2 Å². The highest BCUT2D eigenvalue weighted by Gasteiger charge is 2.49. The summed E-state index contributed by atoms with van der Waals surface area (Å²) in [5.41, 5.74) is 0.0829. The topological polar surface area (TPSA) is 163 Å². The summed E-state index contributed by atoms with van der Waals surface area (Å²) in [6.07, 6.45) is -8.25. The number of amides is 2. The Kier molecular flexibility index (Phi) is 11.2. The van der Waals surface area contributed by atoms with E-state index in [1.54, 1.807) is 0 Å². The summed E-state index contributed by atoms with van der Waals surface area (Å²) in [5, 5.41) is 4.66. The molecule has 0 aliphatic rings. The quantitative estimate of drug-likeness (QED) is 0.306. The van der Waals surface area contributed by atoms with Crippen LogP contribution in [0.2, 0.25) is 0 Å². The number of carbonyl (C=O) groups excluding carboxylic acids is 6. The molecule has 0 bridgehead atoms. The lowest BCUT2D eigenvalue weighted by Crippen LogP contribution is -2.57.